The molecule has 1 amide bonds. The number of carbonyl (C=O) groups is 1. The summed E-state index contributed by atoms with van der Waals surface area (Å²) in [6.07, 6.45) is 4.85. The number of piperidine rings is 2. The van der Waals surface area contributed by atoms with Crippen LogP contribution in [-0.4, -0.2) is 98.5 Å². The predicted molar refractivity (Wildman–Crippen MR) is 95.9 cm³/mol. The Balaban J connectivity index is 1.17. The summed E-state index contributed by atoms with van der Waals surface area (Å²) in [6.45, 7) is 10.4. The van der Waals surface area contributed by atoms with Crippen LogP contribution in [-0.2, 0) is 4.79 Å². The maximum absolute atomic E-state index is 12.7. The highest BCUT2D eigenvalue weighted by molar-refractivity contribution is 5.80. The number of rotatable bonds is 3. The molecule has 0 bridgehead atoms. The van der Waals surface area contributed by atoms with Gasteiger partial charge in [-0.05, 0) is 71.9 Å². The number of carbonyl (C=O) groups excluding carboxylic acids is 1. The first kappa shape index (κ1) is 16.8. The zero-order chi connectivity index (χ0) is 16.7. The summed E-state index contributed by atoms with van der Waals surface area (Å²) in [5.74, 6) is 1.63. The molecule has 136 valence electrons. The van der Waals surface area contributed by atoms with Gasteiger partial charge in [-0.2, -0.15) is 0 Å². The predicted octanol–water partition coefficient (Wildman–Crippen LogP) is 0.814. The topological polar surface area (TPSA) is 30.0 Å². The van der Waals surface area contributed by atoms with Gasteiger partial charge in [0.05, 0.1) is 0 Å². The van der Waals surface area contributed by atoms with Crippen molar-refractivity contribution in [1.29, 1.82) is 0 Å². The fourth-order valence-corrected chi connectivity index (χ4v) is 5.45. The molecule has 4 fully saturated rings. The minimum absolute atomic E-state index is 0.300. The average Bonchev–Trinajstić information content (AvgIpc) is 2.52. The van der Waals surface area contributed by atoms with Crippen LogP contribution in [0, 0.1) is 17.3 Å². The zero-order valence-electron chi connectivity index (χ0n) is 15.5. The van der Waals surface area contributed by atoms with E-state index in [2.05, 4.69) is 33.7 Å². The standard InChI is InChI=1S/C19H34N4O/c1-20-7-3-16(4-8-20)11-22-9-5-17(6-10-22)18(24)23-14-19(15-23)12-21(2)13-19/h16-17H,3-15H2,1-2H3. The van der Waals surface area contributed by atoms with Crippen LogP contribution < -0.4 is 0 Å². The van der Waals surface area contributed by atoms with Crippen molar-refractivity contribution in [2.45, 2.75) is 25.7 Å². The second-order valence-electron chi connectivity index (χ2n) is 9.19. The van der Waals surface area contributed by atoms with Crippen molar-refractivity contribution in [2.75, 3.05) is 73.0 Å². The Kier molecular flexibility index (Phi) is 4.61. The normalized spacial score (nSPS) is 30.3. The maximum Gasteiger partial charge on any atom is 0.225 e. The van der Waals surface area contributed by atoms with Crippen LogP contribution in [0.4, 0.5) is 0 Å². The van der Waals surface area contributed by atoms with Crippen molar-refractivity contribution >= 4 is 5.91 Å². The molecule has 4 aliphatic rings. The highest BCUT2D eigenvalue weighted by Gasteiger charge is 2.52. The maximum atomic E-state index is 12.7. The molecule has 5 nitrogen and oxygen atoms in total. The minimum atomic E-state index is 0.300. The molecular weight excluding hydrogens is 300 g/mol. The van der Waals surface area contributed by atoms with Gasteiger partial charge >= 0.3 is 0 Å². The van der Waals surface area contributed by atoms with Gasteiger partial charge in [-0.15, -0.1) is 0 Å². The Hall–Kier alpha value is -0.650. The largest absolute Gasteiger partial charge is 0.341 e. The van der Waals surface area contributed by atoms with E-state index in [1.54, 1.807) is 0 Å². The van der Waals surface area contributed by atoms with Crippen LogP contribution in [0.3, 0.4) is 0 Å². The SMILES string of the molecule is CN1CCC(CN2CCC(C(=O)N3CC4(CN(C)C4)C3)CC2)CC1. The van der Waals surface area contributed by atoms with E-state index in [0.29, 0.717) is 17.2 Å². The van der Waals surface area contributed by atoms with Gasteiger partial charge in [0.1, 0.15) is 0 Å². The van der Waals surface area contributed by atoms with Crippen LogP contribution in [0.1, 0.15) is 25.7 Å². The first-order valence-electron chi connectivity index (χ1n) is 9.91. The third kappa shape index (κ3) is 3.35. The van der Waals surface area contributed by atoms with Crippen molar-refractivity contribution in [3.8, 4) is 0 Å². The van der Waals surface area contributed by atoms with Gasteiger partial charge in [0.25, 0.3) is 0 Å². The molecule has 0 aromatic heterocycles. The summed E-state index contributed by atoms with van der Waals surface area (Å²) in [5, 5.41) is 0. The average molecular weight is 335 g/mol. The lowest BCUT2D eigenvalue weighted by atomic mass is 9.72. The molecule has 0 radical (unpaired) electrons. The Labute approximate surface area is 146 Å². The summed E-state index contributed by atoms with van der Waals surface area (Å²) in [4.78, 5) is 22.3. The molecule has 0 N–H and O–H groups in total. The Bertz CT molecular complexity index is 452. The van der Waals surface area contributed by atoms with Crippen LogP contribution in [0.5, 0.6) is 0 Å². The van der Waals surface area contributed by atoms with Gasteiger partial charge in [-0.25, -0.2) is 0 Å². The molecule has 0 atom stereocenters. The second kappa shape index (κ2) is 6.58. The molecule has 0 unspecified atom stereocenters. The third-order valence-corrected chi connectivity index (χ3v) is 6.87. The van der Waals surface area contributed by atoms with E-state index < -0.39 is 0 Å². The molecule has 5 heteroatoms. The molecule has 4 saturated heterocycles. The van der Waals surface area contributed by atoms with Crippen LogP contribution in [0.15, 0.2) is 0 Å². The minimum Gasteiger partial charge on any atom is -0.341 e. The van der Waals surface area contributed by atoms with Crippen molar-refractivity contribution in [2.24, 2.45) is 17.3 Å². The van der Waals surface area contributed by atoms with E-state index in [4.69, 9.17) is 0 Å². The molecule has 4 heterocycles. The number of hydrogen-bond acceptors (Lipinski definition) is 4. The number of amides is 1. The zero-order valence-corrected chi connectivity index (χ0v) is 15.5. The van der Waals surface area contributed by atoms with Crippen LogP contribution in [0.2, 0.25) is 0 Å². The van der Waals surface area contributed by atoms with Gasteiger partial charge in [0, 0.05) is 44.1 Å². The van der Waals surface area contributed by atoms with E-state index in [1.165, 1.54) is 45.6 Å². The molecular formula is C19H34N4O. The summed E-state index contributed by atoms with van der Waals surface area (Å²) < 4.78 is 0. The lowest BCUT2D eigenvalue weighted by molar-refractivity contribution is -0.162. The number of likely N-dealkylation sites (tertiary alicyclic amines) is 4. The number of nitrogens with zero attached hydrogens (tertiary/aromatic N) is 4. The Morgan fingerprint density at radius 2 is 1.50 bits per heavy atom. The van der Waals surface area contributed by atoms with Crippen LogP contribution in [0.25, 0.3) is 0 Å². The summed E-state index contributed by atoms with van der Waals surface area (Å²) in [7, 11) is 4.41. The lowest BCUT2D eigenvalue weighted by Gasteiger charge is -2.60. The molecule has 0 aromatic rings. The van der Waals surface area contributed by atoms with Gasteiger partial charge in [0.2, 0.25) is 5.91 Å². The van der Waals surface area contributed by atoms with E-state index in [9.17, 15) is 4.79 Å². The Morgan fingerprint density at radius 1 is 0.875 bits per heavy atom. The summed E-state index contributed by atoms with van der Waals surface area (Å²) in [6, 6.07) is 0. The molecule has 1 spiro atoms. The Morgan fingerprint density at radius 3 is 2.08 bits per heavy atom. The monoisotopic (exact) mass is 334 g/mol. The quantitative estimate of drug-likeness (QED) is 0.764. The van der Waals surface area contributed by atoms with E-state index >= 15 is 0 Å². The van der Waals surface area contributed by atoms with Crippen molar-refractivity contribution in [3.63, 3.8) is 0 Å². The first-order valence-corrected chi connectivity index (χ1v) is 9.91. The van der Waals surface area contributed by atoms with Gasteiger partial charge in [0.15, 0.2) is 0 Å². The second-order valence-corrected chi connectivity index (χ2v) is 9.19. The van der Waals surface area contributed by atoms with Gasteiger partial charge < -0.3 is 19.6 Å². The highest BCUT2D eigenvalue weighted by atomic mass is 16.2. The van der Waals surface area contributed by atoms with Crippen molar-refractivity contribution in [3.05, 3.63) is 0 Å². The molecule has 0 saturated carbocycles. The summed E-state index contributed by atoms with van der Waals surface area (Å²) >= 11 is 0. The molecule has 4 aliphatic heterocycles. The molecule has 24 heavy (non-hydrogen) atoms. The fraction of sp³-hybridized carbons (Fsp3) is 0.947. The lowest BCUT2D eigenvalue weighted by Crippen LogP contribution is -2.72. The van der Waals surface area contributed by atoms with E-state index in [-0.39, 0.29) is 0 Å². The molecule has 4 rings (SSSR count). The third-order valence-electron chi connectivity index (χ3n) is 6.87. The number of hydrogen-bond donors (Lipinski definition) is 0. The smallest absolute Gasteiger partial charge is 0.225 e. The molecule has 0 aromatic carbocycles. The van der Waals surface area contributed by atoms with E-state index in [0.717, 1.165) is 44.9 Å². The summed E-state index contributed by atoms with van der Waals surface area (Å²) in [5.41, 5.74) is 0.471. The van der Waals surface area contributed by atoms with Crippen LogP contribution >= 0.6 is 0 Å². The van der Waals surface area contributed by atoms with Crippen molar-refractivity contribution < 1.29 is 4.79 Å². The molecule has 0 aliphatic carbocycles. The highest BCUT2D eigenvalue weighted by Crippen LogP contribution is 2.39. The van der Waals surface area contributed by atoms with Gasteiger partial charge in [-0.1, -0.05) is 0 Å². The van der Waals surface area contributed by atoms with Gasteiger partial charge in [-0.3, -0.25) is 4.79 Å². The fourth-order valence-electron chi connectivity index (χ4n) is 5.45. The first-order chi connectivity index (χ1) is 11.5. The van der Waals surface area contributed by atoms with E-state index in [1.807, 2.05) is 0 Å². The van der Waals surface area contributed by atoms with Crippen molar-refractivity contribution in [1.82, 2.24) is 19.6 Å².